The molecule has 0 bridgehead atoms. The highest BCUT2D eigenvalue weighted by Gasteiger charge is 2.29. The summed E-state index contributed by atoms with van der Waals surface area (Å²) < 4.78 is 10.9. The summed E-state index contributed by atoms with van der Waals surface area (Å²) >= 11 is 0. The standard InChI is InChI=1S/C15H27NO5/c1-15(2,3)21-14(19)16(4)11-5-7-12(8-6-11)20-10-9-13(17)18/h11-12H,5-10H2,1-4H3,(H,17,18)/t11-,12-. The second-order valence-corrected chi connectivity index (χ2v) is 6.54. The number of carbonyl (C=O) groups excluding carboxylic acids is 1. The van der Waals surface area contributed by atoms with Crippen molar-refractivity contribution in [2.75, 3.05) is 13.7 Å². The number of carboxylic acids is 1. The number of nitrogens with zero attached hydrogens (tertiary/aromatic N) is 1. The largest absolute Gasteiger partial charge is 0.481 e. The van der Waals surface area contributed by atoms with Gasteiger partial charge in [0, 0.05) is 13.1 Å². The molecule has 0 unspecified atom stereocenters. The third-order valence-electron chi connectivity index (χ3n) is 3.54. The molecular weight excluding hydrogens is 274 g/mol. The first-order valence-corrected chi connectivity index (χ1v) is 7.48. The Morgan fingerprint density at radius 2 is 1.76 bits per heavy atom. The van der Waals surface area contributed by atoms with Gasteiger partial charge in [0.25, 0.3) is 0 Å². The van der Waals surface area contributed by atoms with Gasteiger partial charge in [-0.25, -0.2) is 4.79 Å². The smallest absolute Gasteiger partial charge is 0.410 e. The van der Waals surface area contributed by atoms with Crippen molar-refractivity contribution in [1.82, 2.24) is 4.90 Å². The summed E-state index contributed by atoms with van der Waals surface area (Å²) in [6, 6.07) is 0.166. The van der Waals surface area contributed by atoms with E-state index in [2.05, 4.69) is 0 Å². The van der Waals surface area contributed by atoms with Crippen LogP contribution in [0.2, 0.25) is 0 Å². The van der Waals surface area contributed by atoms with Crippen molar-refractivity contribution >= 4 is 12.1 Å². The molecule has 1 N–H and O–H groups in total. The number of carbonyl (C=O) groups is 2. The lowest BCUT2D eigenvalue weighted by atomic mass is 9.92. The molecule has 1 amide bonds. The molecule has 1 saturated carbocycles. The van der Waals surface area contributed by atoms with Gasteiger partial charge >= 0.3 is 12.1 Å². The molecule has 122 valence electrons. The first kappa shape index (κ1) is 17.8. The molecule has 1 aliphatic rings. The van der Waals surface area contributed by atoms with E-state index in [4.69, 9.17) is 14.6 Å². The van der Waals surface area contributed by atoms with E-state index in [-0.39, 0.29) is 31.3 Å². The third-order valence-corrected chi connectivity index (χ3v) is 3.54. The fourth-order valence-corrected chi connectivity index (χ4v) is 2.40. The molecule has 0 heterocycles. The first-order valence-electron chi connectivity index (χ1n) is 7.48. The van der Waals surface area contributed by atoms with Crippen LogP contribution in [0.15, 0.2) is 0 Å². The average Bonchev–Trinajstić information content (AvgIpc) is 2.36. The Labute approximate surface area is 126 Å². The topological polar surface area (TPSA) is 76.1 Å². The van der Waals surface area contributed by atoms with Gasteiger partial charge in [0.05, 0.1) is 19.1 Å². The van der Waals surface area contributed by atoms with Crippen LogP contribution in [-0.4, -0.2) is 53.5 Å². The summed E-state index contributed by atoms with van der Waals surface area (Å²) in [5, 5.41) is 8.57. The van der Waals surface area contributed by atoms with Crippen molar-refractivity contribution in [3.63, 3.8) is 0 Å². The number of hydrogen-bond donors (Lipinski definition) is 1. The van der Waals surface area contributed by atoms with Crippen molar-refractivity contribution in [1.29, 1.82) is 0 Å². The van der Waals surface area contributed by atoms with Gasteiger partial charge in [0.15, 0.2) is 0 Å². The second-order valence-electron chi connectivity index (χ2n) is 6.54. The number of hydrogen-bond acceptors (Lipinski definition) is 4. The molecule has 0 aliphatic heterocycles. The molecule has 0 atom stereocenters. The van der Waals surface area contributed by atoms with E-state index in [1.165, 1.54) is 0 Å². The summed E-state index contributed by atoms with van der Waals surface area (Å²) in [5.41, 5.74) is -0.484. The molecule has 1 aliphatic carbocycles. The Bertz CT molecular complexity index is 356. The lowest BCUT2D eigenvalue weighted by Crippen LogP contribution is -2.43. The number of aliphatic carboxylic acids is 1. The maximum atomic E-state index is 12.0. The summed E-state index contributed by atoms with van der Waals surface area (Å²) in [4.78, 5) is 24.1. The van der Waals surface area contributed by atoms with Crippen LogP contribution in [0.1, 0.15) is 52.9 Å². The minimum absolute atomic E-state index is 0.0394. The fourth-order valence-electron chi connectivity index (χ4n) is 2.40. The van der Waals surface area contributed by atoms with E-state index in [0.717, 1.165) is 25.7 Å². The molecule has 1 rings (SSSR count). The number of carboxylic acid groups (broad SMARTS) is 1. The fraction of sp³-hybridized carbons (Fsp3) is 0.867. The lowest BCUT2D eigenvalue weighted by molar-refractivity contribution is -0.138. The second kappa shape index (κ2) is 7.64. The van der Waals surface area contributed by atoms with Crippen LogP contribution in [0.5, 0.6) is 0 Å². The Balaban J connectivity index is 2.31. The molecule has 0 radical (unpaired) electrons. The Hall–Kier alpha value is -1.30. The van der Waals surface area contributed by atoms with Crippen molar-refractivity contribution in [3.05, 3.63) is 0 Å². The third kappa shape index (κ3) is 6.80. The van der Waals surface area contributed by atoms with Crippen molar-refractivity contribution in [3.8, 4) is 0 Å². The number of rotatable bonds is 5. The molecule has 0 spiro atoms. The van der Waals surface area contributed by atoms with Crippen LogP contribution in [0.4, 0.5) is 4.79 Å². The predicted octanol–water partition coefficient (Wildman–Crippen LogP) is 2.66. The van der Waals surface area contributed by atoms with Gasteiger partial charge in [0.2, 0.25) is 0 Å². The Morgan fingerprint density at radius 1 is 1.19 bits per heavy atom. The number of amides is 1. The molecule has 21 heavy (non-hydrogen) atoms. The molecule has 0 saturated heterocycles. The highest BCUT2D eigenvalue weighted by molar-refractivity contribution is 5.68. The minimum Gasteiger partial charge on any atom is -0.481 e. The summed E-state index contributed by atoms with van der Waals surface area (Å²) in [7, 11) is 1.77. The van der Waals surface area contributed by atoms with Crippen LogP contribution < -0.4 is 0 Å². The van der Waals surface area contributed by atoms with E-state index < -0.39 is 11.6 Å². The molecule has 0 aromatic rings. The molecule has 1 fully saturated rings. The summed E-state index contributed by atoms with van der Waals surface area (Å²) in [5.74, 6) is -0.839. The van der Waals surface area contributed by atoms with Crippen LogP contribution >= 0.6 is 0 Å². The van der Waals surface area contributed by atoms with Gasteiger partial charge in [-0.15, -0.1) is 0 Å². The van der Waals surface area contributed by atoms with E-state index >= 15 is 0 Å². The van der Waals surface area contributed by atoms with Crippen LogP contribution in [-0.2, 0) is 14.3 Å². The van der Waals surface area contributed by atoms with Crippen molar-refractivity contribution < 1.29 is 24.2 Å². The lowest BCUT2D eigenvalue weighted by Gasteiger charge is -2.35. The number of ether oxygens (including phenoxy) is 2. The zero-order valence-corrected chi connectivity index (χ0v) is 13.4. The van der Waals surface area contributed by atoms with Crippen molar-refractivity contribution in [2.24, 2.45) is 0 Å². The Kier molecular flexibility index (Phi) is 6.45. The maximum Gasteiger partial charge on any atom is 0.410 e. The molecule has 0 aromatic carbocycles. The van der Waals surface area contributed by atoms with Gasteiger partial charge < -0.3 is 19.5 Å². The van der Waals surface area contributed by atoms with Crippen LogP contribution in [0.3, 0.4) is 0 Å². The van der Waals surface area contributed by atoms with Crippen LogP contribution in [0.25, 0.3) is 0 Å². The SMILES string of the molecule is CN(C(=O)OC(C)(C)C)[C@H]1CC[C@H](OCCC(=O)O)CC1. The summed E-state index contributed by atoms with van der Waals surface area (Å²) in [6.45, 7) is 5.82. The normalized spacial score (nSPS) is 22.7. The highest BCUT2D eigenvalue weighted by atomic mass is 16.6. The quantitative estimate of drug-likeness (QED) is 0.845. The molecule has 0 aromatic heterocycles. The van der Waals surface area contributed by atoms with Gasteiger partial charge in [-0.05, 0) is 46.5 Å². The highest BCUT2D eigenvalue weighted by Crippen LogP contribution is 2.25. The Morgan fingerprint density at radius 3 is 2.24 bits per heavy atom. The molecule has 6 heteroatoms. The zero-order valence-electron chi connectivity index (χ0n) is 13.4. The average molecular weight is 301 g/mol. The van der Waals surface area contributed by atoms with Crippen LogP contribution in [0, 0.1) is 0 Å². The predicted molar refractivity (Wildman–Crippen MR) is 78.2 cm³/mol. The van der Waals surface area contributed by atoms with Gasteiger partial charge in [-0.2, -0.15) is 0 Å². The van der Waals surface area contributed by atoms with Crippen molar-refractivity contribution in [2.45, 2.75) is 70.6 Å². The zero-order chi connectivity index (χ0) is 16.0. The van der Waals surface area contributed by atoms with E-state index in [9.17, 15) is 9.59 Å². The van der Waals surface area contributed by atoms with E-state index in [0.29, 0.717) is 0 Å². The summed E-state index contributed by atoms with van der Waals surface area (Å²) in [6.07, 6.45) is 3.25. The monoisotopic (exact) mass is 301 g/mol. The van der Waals surface area contributed by atoms with E-state index in [1.54, 1.807) is 11.9 Å². The van der Waals surface area contributed by atoms with Gasteiger partial charge in [-0.1, -0.05) is 0 Å². The maximum absolute atomic E-state index is 12.0. The molecule has 6 nitrogen and oxygen atoms in total. The first-order chi connectivity index (χ1) is 9.69. The van der Waals surface area contributed by atoms with E-state index in [1.807, 2.05) is 20.8 Å². The van der Waals surface area contributed by atoms with Gasteiger partial charge in [0.1, 0.15) is 5.60 Å². The van der Waals surface area contributed by atoms with Gasteiger partial charge in [-0.3, -0.25) is 4.79 Å². The molecular formula is C15H27NO5. The minimum atomic E-state index is -0.839.